The number of halogens is 1. The lowest BCUT2D eigenvalue weighted by atomic mass is 10.1. The van der Waals surface area contributed by atoms with Gasteiger partial charge in [0.2, 0.25) is 5.91 Å². The number of carbonyl (C=O) groups excluding carboxylic acids is 1. The first kappa shape index (κ1) is 14.7. The number of hydrogen-bond donors (Lipinski definition) is 1. The van der Waals surface area contributed by atoms with Gasteiger partial charge in [-0.1, -0.05) is 29.8 Å². The van der Waals surface area contributed by atoms with Crippen LogP contribution in [-0.2, 0) is 11.2 Å². The summed E-state index contributed by atoms with van der Waals surface area (Å²) in [5.41, 5.74) is 0.991. The van der Waals surface area contributed by atoms with E-state index in [2.05, 4.69) is 5.32 Å². The predicted molar refractivity (Wildman–Crippen MR) is 79.8 cm³/mol. The van der Waals surface area contributed by atoms with Gasteiger partial charge in [0.15, 0.2) is 0 Å². The van der Waals surface area contributed by atoms with Gasteiger partial charge < -0.3 is 9.73 Å². The number of carbonyl (C=O) groups is 1. The summed E-state index contributed by atoms with van der Waals surface area (Å²) >= 11 is 6.07. The van der Waals surface area contributed by atoms with Crippen LogP contribution >= 0.6 is 11.6 Å². The lowest BCUT2D eigenvalue weighted by molar-refractivity contribution is -0.121. The third-order valence-corrected chi connectivity index (χ3v) is 3.51. The fourth-order valence-electron chi connectivity index (χ4n) is 2.02. The molecule has 2 rings (SSSR count). The Morgan fingerprint density at radius 2 is 2.05 bits per heavy atom. The van der Waals surface area contributed by atoms with Gasteiger partial charge in [-0.3, -0.25) is 4.79 Å². The van der Waals surface area contributed by atoms with Gasteiger partial charge in [-0.05, 0) is 44.0 Å². The number of benzene rings is 1. The van der Waals surface area contributed by atoms with E-state index in [0.717, 1.165) is 17.1 Å². The summed E-state index contributed by atoms with van der Waals surface area (Å²) in [4.78, 5) is 11.9. The van der Waals surface area contributed by atoms with E-state index in [1.807, 2.05) is 50.2 Å². The second kappa shape index (κ2) is 6.62. The normalized spacial score (nSPS) is 12.2. The third kappa shape index (κ3) is 3.87. The molecule has 3 nitrogen and oxygen atoms in total. The van der Waals surface area contributed by atoms with Gasteiger partial charge in [-0.15, -0.1) is 0 Å². The molecule has 0 fully saturated rings. The zero-order valence-corrected chi connectivity index (χ0v) is 12.4. The van der Waals surface area contributed by atoms with Crippen molar-refractivity contribution >= 4 is 17.5 Å². The molecule has 1 N–H and O–H groups in total. The number of rotatable bonds is 5. The number of amides is 1. The van der Waals surface area contributed by atoms with Crippen molar-refractivity contribution < 1.29 is 9.21 Å². The molecule has 1 heterocycles. The van der Waals surface area contributed by atoms with Crippen molar-refractivity contribution in [3.8, 4) is 0 Å². The van der Waals surface area contributed by atoms with Crippen LogP contribution in [0, 0.1) is 6.92 Å². The summed E-state index contributed by atoms with van der Waals surface area (Å²) in [6, 6.07) is 11.2. The Labute approximate surface area is 123 Å². The molecule has 1 atom stereocenters. The first-order chi connectivity index (χ1) is 9.56. The quantitative estimate of drug-likeness (QED) is 0.903. The molecular weight excluding hydrogens is 274 g/mol. The first-order valence-electron chi connectivity index (χ1n) is 6.65. The lowest BCUT2D eigenvalue weighted by Gasteiger charge is -2.11. The average molecular weight is 292 g/mol. The van der Waals surface area contributed by atoms with Gasteiger partial charge in [-0.25, -0.2) is 0 Å². The second-order valence-corrected chi connectivity index (χ2v) is 5.24. The molecule has 0 aliphatic rings. The molecule has 0 bridgehead atoms. The molecule has 2 aromatic rings. The van der Waals surface area contributed by atoms with E-state index in [1.54, 1.807) is 0 Å². The first-order valence-corrected chi connectivity index (χ1v) is 7.03. The van der Waals surface area contributed by atoms with Crippen molar-refractivity contribution in [3.05, 3.63) is 58.5 Å². The molecule has 1 unspecified atom stereocenters. The highest BCUT2D eigenvalue weighted by molar-refractivity contribution is 6.31. The summed E-state index contributed by atoms with van der Waals surface area (Å²) in [7, 11) is 0. The maximum Gasteiger partial charge on any atom is 0.220 e. The summed E-state index contributed by atoms with van der Waals surface area (Å²) in [6.45, 7) is 3.79. The predicted octanol–water partition coefficient (Wildman–Crippen LogP) is 4.05. The molecule has 20 heavy (non-hydrogen) atoms. The molecular formula is C16H18ClNO2. The van der Waals surface area contributed by atoms with Crippen LogP contribution in [0.4, 0.5) is 0 Å². The minimum Gasteiger partial charge on any atom is -0.464 e. The van der Waals surface area contributed by atoms with E-state index in [0.29, 0.717) is 17.9 Å². The van der Waals surface area contributed by atoms with Crippen LogP contribution in [0.5, 0.6) is 0 Å². The number of furan rings is 1. The van der Waals surface area contributed by atoms with Gasteiger partial charge in [0.25, 0.3) is 0 Å². The van der Waals surface area contributed by atoms with E-state index in [4.69, 9.17) is 16.0 Å². The standard InChI is InChI=1S/C16H18ClNO2/c1-11-7-9-15(20-11)12(2)18-16(19)10-8-13-5-3-4-6-14(13)17/h3-7,9,12H,8,10H2,1-2H3,(H,18,19). The maximum atomic E-state index is 11.9. The highest BCUT2D eigenvalue weighted by Crippen LogP contribution is 2.18. The number of aryl methyl sites for hydroxylation is 2. The number of hydrogen-bond acceptors (Lipinski definition) is 2. The van der Waals surface area contributed by atoms with E-state index >= 15 is 0 Å². The highest BCUT2D eigenvalue weighted by atomic mass is 35.5. The van der Waals surface area contributed by atoms with E-state index in [1.165, 1.54) is 0 Å². The van der Waals surface area contributed by atoms with Gasteiger partial charge in [0.1, 0.15) is 11.5 Å². The SMILES string of the molecule is Cc1ccc(C(C)NC(=O)CCc2ccccc2Cl)o1. The molecule has 0 saturated heterocycles. The minimum absolute atomic E-state index is 0.00790. The molecule has 0 radical (unpaired) electrons. The topological polar surface area (TPSA) is 42.2 Å². The van der Waals surface area contributed by atoms with Crippen LogP contribution in [0.2, 0.25) is 5.02 Å². The number of nitrogens with one attached hydrogen (secondary N) is 1. The Hall–Kier alpha value is -1.74. The summed E-state index contributed by atoms with van der Waals surface area (Å²) in [6.07, 6.45) is 1.04. The summed E-state index contributed by atoms with van der Waals surface area (Å²) in [5, 5.41) is 3.63. The van der Waals surface area contributed by atoms with Crippen molar-refractivity contribution in [2.45, 2.75) is 32.7 Å². The van der Waals surface area contributed by atoms with Gasteiger partial charge in [0, 0.05) is 11.4 Å². The minimum atomic E-state index is -0.123. The Kier molecular flexibility index (Phi) is 4.85. The van der Waals surface area contributed by atoms with Gasteiger partial charge in [0.05, 0.1) is 6.04 Å². The zero-order valence-electron chi connectivity index (χ0n) is 11.7. The summed E-state index contributed by atoms with van der Waals surface area (Å²) in [5.74, 6) is 1.61. The highest BCUT2D eigenvalue weighted by Gasteiger charge is 2.13. The third-order valence-electron chi connectivity index (χ3n) is 3.14. The molecule has 106 valence electrons. The van der Waals surface area contributed by atoms with Gasteiger partial charge in [-0.2, -0.15) is 0 Å². The fraction of sp³-hybridized carbons (Fsp3) is 0.312. The van der Waals surface area contributed by atoms with Crippen molar-refractivity contribution in [2.75, 3.05) is 0 Å². The van der Waals surface area contributed by atoms with Crippen LogP contribution in [0.1, 0.15) is 36.5 Å². The van der Waals surface area contributed by atoms with E-state index in [-0.39, 0.29) is 11.9 Å². The Bertz CT molecular complexity index is 592. The monoisotopic (exact) mass is 291 g/mol. The Morgan fingerprint density at radius 1 is 1.30 bits per heavy atom. The largest absolute Gasteiger partial charge is 0.464 e. The second-order valence-electron chi connectivity index (χ2n) is 4.83. The molecule has 1 amide bonds. The smallest absolute Gasteiger partial charge is 0.220 e. The lowest BCUT2D eigenvalue weighted by Crippen LogP contribution is -2.26. The molecule has 4 heteroatoms. The zero-order chi connectivity index (χ0) is 14.5. The molecule has 0 spiro atoms. The van der Waals surface area contributed by atoms with E-state index < -0.39 is 0 Å². The molecule has 1 aromatic heterocycles. The van der Waals surface area contributed by atoms with E-state index in [9.17, 15) is 4.79 Å². The van der Waals surface area contributed by atoms with Crippen LogP contribution < -0.4 is 5.32 Å². The van der Waals surface area contributed by atoms with Gasteiger partial charge >= 0.3 is 0 Å². The molecule has 0 aliphatic carbocycles. The molecule has 0 aliphatic heterocycles. The van der Waals surface area contributed by atoms with Crippen LogP contribution in [-0.4, -0.2) is 5.91 Å². The van der Waals surface area contributed by atoms with Crippen molar-refractivity contribution in [3.63, 3.8) is 0 Å². The maximum absolute atomic E-state index is 11.9. The van der Waals surface area contributed by atoms with Crippen molar-refractivity contribution in [1.29, 1.82) is 0 Å². The Balaban J connectivity index is 1.85. The van der Waals surface area contributed by atoms with Crippen LogP contribution in [0.25, 0.3) is 0 Å². The van der Waals surface area contributed by atoms with Crippen LogP contribution in [0.3, 0.4) is 0 Å². The van der Waals surface area contributed by atoms with Crippen molar-refractivity contribution in [1.82, 2.24) is 5.32 Å². The van der Waals surface area contributed by atoms with Crippen molar-refractivity contribution in [2.24, 2.45) is 0 Å². The van der Waals surface area contributed by atoms with Crippen LogP contribution in [0.15, 0.2) is 40.8 Å². The Morgan fingerprint density at radius 3 is 2.70 bits per heavy atom. The summed E-state index contributed by atoms with van der Waals surface area (Å²) < 4.78 is 5.49. The molecule has 0 saturated carbocycles. The average Bonchev–Trinajstić information content (AvgIpc) is 2.84. The molecule has 1 aromatic carbocycles. The fourth-order valence-corrected chi connectivity index (χ4v) is 2.25.